The van der Waals surface area contributed by atoms with Crippen molar-refractivity contribution in [1.29, 1.82) is 0 Å². The monoisotopic (exact) mass is 254 g/mol. The molecule has 0 atom stereocenters. The third kappa shape index (κ3) is 1.81. The minimum atomic E-state index is 0.824. The quantitative estimate of drug-likeness (QED) is 0.647. The van der Waals surface area contributed by atoms with Crippen LogP contribution in [0.3, 0.4) is 0 Å². The first-order valence-electron chi connectivity index (χ1n) is 5.94. The summed E-state index contributed by atoms with van der Waals surface area (Å²) in [4.78, 5) is 9.33. The van der Waals surface area contributed by atoms with Gasteiger partial charge in [0, 0.05) is 5.56 Å². The number of fused-ring (bicyclic) bond motifs is 1. The number of rotatable bonds is 1. The molecule has 2 aromatic heterocycles. The molecule has 0 fully saturated rings. The molecule has 0 spiro atoms. The molecule has 3 aromatic rings. The zero-order valence-corrected chi connectivity index (χ0v) is 11.5. The van der Waals surface area contributed by atoms with Gasteiger partial charge in [-0.25, -0.2) is 9.97 Å². The van der Waals surface area contributed by atoms with Crippen molar-refractivity contribution in [3.8, 4) is 11.4 Å². The lowest BCUT2D eigenvalue weighted by atomic mass is 10.1. The molecule has 0 unspecified atom stereocenters. The fraction of sp³-hybridized carbons (Fsp3) is 0.200. The first-order valence-corrected chi connectivity index (χ1v) is 6.82. The van der Waals surface area contributed by atoms with Gasteiger partial charge in [0.15, 0.2) is 5.82 Å². The number of benzene rings is 1. The van der Waals surface area contributed by atoms with Crippen molar-refractivity contribution in [3.63, 3.8) is 0 Å². The normalized spacial score (nSPS) is 11.1. The van der Waals surface area contributed by atoms with Gasteiger partial charge in [-0.2, -0.15) is 0 Å². The van der Waals surface area contributed by atoms with E-state index in [0.29, 0.717) is 0 Å². The summed E-state index contributed by atoms with van der Waals surface area (Å²) in [6, 6.07) is 8.33. The van der Waals surface area contributed by atoms with E-state index in [1.807, 2.05) is 6.07 Å². The van der Waals surface area contributed by atoms with Gasteiger partial charge in [-0.15, -0.1) is 11.3 Å². The average Bonchev–Trinajstić information content (AvgIpc) is 2.72. The topological polar surface area (TPSA) is 25.8 Å². The molecule has 90 valence electrons. The number of nitrogens with zero attached hydrogens (tertiary/aromatic N) is 2. The average molecular weight is 254 g/mol. The number of aromatic nitrogens is 2. The minimum Gasteiger partial charge on any atom is -0.232 e. The molecular weight excluding hydrogens is 240 g/mol. The van der Waals surface area contributed by atoms with E-state index in [2.05, 4.69) is 49.3 Å². The number of aryl methyl sites for hydroxylation is 3. The molecule has 0 radical (unpaired) electrons. The maximum Gasteiger partial charge on any atom is 0.160 e. The first kappa shape index (κ1) is 11.4. The van der Waals surface area contributed by atoms with Crippen LogP contribution < -0.4 is 0 Å². The van der Waals surface area contributed by atoms with Gasteiger partial charge in [-0.1, -0.05) is 23.8 Å². The van der Waals surface area contributed by atoms with Crippen LogP contribution in [0.2, 0.25) is 0 Å². The summed E-state index contributed by atoms with van der Waals surface area (Å²) in [6.07, 6.45) is 0. The van der Waals surface area contributed by atoms with Crippen LogP contribution in [0.15, 0.2) is 29.6 Å². The van der Waals surface area contributed by atoms with Crippen molar-refractivity contribution in [2.75, 3.05) is 0 Å². The summed E-state index contributed by atoms with van der Waals surface area (Å²) < 4.78 is 1.20. The lowest BCUT2D eigenvalue weighted by Crippen LogP contribution is -1.93. The van der Waals surface area contributed by atoms with Crippen LogP contribution in [0.4, 0.5) is 0 Å². The minimum absolute atomic E-state index is 0.824. The Morgan fingerprint density at radius 2 is 1.89 bits per heavy atom. The van der Waals surface area contributed by atoms with Crippen molar-refractivity contribution in [3.05, 3.63) is 46.5 Å². The Bertz CT molecular complexity index is 728. The van der Waals surface area contributed by atoms with Crippen LogP contribution in [0.5, 0.6) is 0 Å². The fourth-order valence-electron chi connectivity index (χ4n) is 2.09. The lowest BCUT2D eigenvalue weighted by molar-refractivity contribution is 1.16. The van der Waals surface area contributed by atoms with Gasteiger partial charge in [0.25, 0.3) is 0 Å². The highest BCUT2D eigenvalue weighted by Gasteiger charge is 2.10. The summed E-state index contributed by atoms with van der Waals surface area (Å²) in [5, 5.41) is 2.15. The second-order valence-electron chi connectivity index (χ2n) is 4.60. The largest absolute Gasteiger partial charge is 0.232 e. The summed E-state index contributed by atoms with van der Waals surface area (Å²) >= 11 is 1.72. The third-order valence-electron chi connectivity index (χ3n) is 3.04. The zero-order valence-electron chi connectivity index (χ0n) is 10.7. The predicted molar refractivity (Wildman–Crippen MR) is 77.1 cm³/mol. The van der Waals surface area contributed by atoms with E-state index in [1.165, 1.54) is 15.8 Å². The van der Waals surface area contributed by atoms with Crippen LogP contribution in [-0.2, 0) is 0 Å². The van der Waals surface area contributed by atoms with Gasteiger partial charge in [0.1, 0.15) is 0 Å². The molecule has 3 rings (SSSR count). The molecule has 2 nitrogen and oxygen atoms in total. The van der Waals surface area contributed by atoms with E-state index < -0.39 is 0 Å². The second-order valence-corrected chi connectivity index (χ2v) is 5.48. The van der Waals surface area contributed by atoms with Gasteiger partial charge < -0.3 is 0 Å². The van der Waals surface area contributed by atoms with Gasteiger partial charge in [-0.3, -0.25) is 0 Å². The smallest absolute Gasteiger partial charge is 0.160 e. The molecule has 0 amide bonds. The highest BCUT2D eigenvalue weighted by molar-refractivity contribution is 7.17. The maximum absolute atomic E-state index is 4.71. The van der Waals surface area contributed by atoms with Gasteiger partial charge in [0.05, 0.1) is 15.9 Å². The summed E-state index contributed by atoms with van der Waals surface area (Å²) in [6.45, 7) is 6.25. The van der Waals surface area contributed by atoms with Crippen LogP contribution in [0.1, 0.15) is 16.8 Å². The van der Waals surface area contributed by atoms with E-state index in [-0.39, 0.29) is 0 Å². The molecule has 0 aliphatic carbocycles. The molecule has 0 saturated heterocycles. The van der Waals surface area contributed by atoms with Crippen molar-refractivity contribution < 1.29 is 0 Å². The highest BCUT2D eigenvalue weighted by atomic mass is 32.1. The fourth-order valence-corrected chi connectivity index (χ4v) is 3.03. The Kier molecular flexibility index (Phi) is 2.63. The molecule has 0 aliphatic rings. The van der Waals surface area contributed by atoms with Crippen molar-refractivity contribution in [2.45, 2.75) is 20.8 Å². The molecule has 0 saturated carbocycles. The Morgan fingerprint density at radius 3 is 2.67 bits per heavy atom. The van der Waals surface area contributed by atoms with Gasteiger partial charge in [-0.05, 0) is 37.8 Å². The van der Waals surface area contributed by atoms with Crippen molar-refractivity contribution in [2.24, 2.45) is 0 Å². The van der Waals surface area contributed by atoms with Crippen LogP contribution in [0, 0.1) is 20.8 Å². The Labute approximate surface area is 110 Å². The number of thiophene rings is 1. The molecule has 3 heteroatoms. The molecule has 0 N–H and O–H groups in total. The third-order valence-corrected chi connectivity index (χ3v) is 4.23. The highest BCUT2D eigenvalue weighted by Crippen LogP contribution is 2.28. The maximum atomic E-state index is 4.71. The number of hydrogen-bond donors (Lipinski definition) is 0. The van der Waals surface area contributed by atoms with Crippen LogP contribution in [-0.4, -0.2) is 9.97 Å². The zero-order chi connectivity index (χ0) is 12.7. The predicted octanol–water partition coefficient (Wildman–Crippen LogP) is 4.28. The second kappa shape index (κ2) is 4.18. The molecule has 2 heterocycles. The first-order chi connectivity index (χ1) is 8.65. The summed E-state index contributed by atoms with van der Waals surface area (Å²) in [5.74, 6) is 0.824. The van der Waals surface area contributed by atoms with Crippen LogP contribution >= 0.6 is 11.3 Å². The lowest BCUT2D eigenvalue weighted by Gasteiger charge is -2.04. The van der Waals surface area contributed by atoms with Crippen molar-refractivity contribution >= 4 is 21.6 Å². The molecule has 0 bridgehead atoms. The SMILES string of the molecule is Cc1cccc(-c2nc(C)c3scc(C)c3n2)c1. The van der Waals surface area contributed by atoms with Crippen molar-refractivity contribution in [1.82, 2.24) is 9.97 Å². The van der Waals surface area contributed by atoms with E-state index in [1.54, 1.807) is 11.3 Å². The Hall–Kier alpha value is -1.74. The molecule has 0 aliphatic heterocycles. The van der Waals surface area contributed by atoms with Gasteiger partial charge >= 0.3 is 0 Å². The Balaban J connectivity index is 2.27. The van der Waals surface area contributed by atoms with Crippen LogP contribution in [0.25, 0.3) is 21.6 Å². The molecular formula is C15H14N2S. The number of hydrogen-bond acceptors (Lipinski definition) is 3. The van der Waals surface area contributed by atoms with Gasteiger partial charge in [0.2, 0.25) is 0 Å². The molecule has 18 heavy (non-hydrogen) atoms. The van der Waals surface area contributed by atoms with E-state index in [4.69, 9.17) is 4.98 Å². The van der Waals surface area contributed by atoms with E-state index >= 15 is 0 Å². The van der Waals surface area contributed by atoms with E-state index in [0.717, 1.165) is 22.6 Å². The summed E-state index contributed by atoms with van der Waals surface area (Å²) in [5.41, 5.74) is 5.70. The van der Waals surface area contributed by atoms with E-state index in [9.17, 15) is 0 Å². The summed E-state index contributed by atoms with van der Waals surface area (Å²) in [7, 11) is 0. The standard InChI is InChI=1S/C15H14N2S/c1-9-5-4-6-12(7-9)15-16-11(3)14-13(17-15)10(2)8-18-14/h4-8H,1-3H3. The Morgan fingerprint density at radius 1 is 1.06 bits per heavy atom. The molecule has 1 aromatic carbocycles.